The number of fused-ring (bicyclic) bond motifs is 2. The maximum atomic E-state index is 13.2. The smallest absolute Gasteiger partial charge is 0.340 e. The van der Waals surface area contributed by atoms with E-state index in [0.29, 0.717) is 22.3 Å². The van der Waals surface area contributed by atoms with Crippen LogP contribution >= 0.6 is 0 Å². The zero-order chi connectivity index (χ0) is 19.8. The van der Waals surface area contributed by atoms with Crippen LogP contribution in [0, 0.1) is 0 Å². The summed E-state index contributed by atoms with van der Waals surface area (Å²) < 4.78 is 21.1. The second-order valence-electron chi connectivity index (χ2n) is 5.94. The van der Waals surface area contributed by atoms with Gasteiger partial charge in [0.2, 0.25) is 12.6 Å². The second kappa shape index (κ2) is 6.73. The van der Waals surface area contributed by atoms with Gasteiger partial charge in [-0.25, -0.2) is 4.79 Å². The number of ether oxygens (including phenoxy) is 4. The predicted molar refractivity (Wildman–Crippen MR) is 97.8 cm³/mol. The molecule has 8 heteroatoms. The first-order valence-electron chi connectivity index (χ1n) is 8.26. The molecule has 2 aromatic carbocycles. The highest BCUT2D eigenvalue weighted by molar-refractivity contribution is 6.19. The number of aromatic nitrogens is 1. The summed E-state index contributed by atoms with van der Waals surface area (Å²) in [7, 11) is 3.00. The monoisotopic (exact) mass is 381 g/mol. The lowest BCUT2D eigenvalue weighted by Gasteiger charge is -2.12. The van der Waals surface area contributed by atoms with Crippen molar-refractivity contribution < 1.29 is 33.6 Å². The summed E-state index contributed by atoms with van der Waals surface area (Å²) >= 11 is 0. The first kappa shape index (κ1) is 17.6. The number of rotatable bonds is 5. The van der Waals surface area contributed by atoms with E-state index in [2.05, 4.69) is 4.98 Å². The van der Waals surface area contributed by atoms with Gasteiger partial charge in [-0.3, -0.25) is 9.78 Å². The number of carboxylic acid groups (broad SMARTS) is 1. The molecule has 0 unspecified atom stereocenters. The largest absolute Gasteiger partial charge is 0.493 e. The number of ketones is 1. The summed E-state index contributed by atoms with van der Waals surface area (Å²) in [4.78, 5) is 29.3. The van der Waals surface area contributed by atoms with Crippen molar-refractivity contribution in [3.8, 4) is 23.0 Å². The first-order chi connectivity index (χ1) is 13.5. The normalized spacial score (nSPS) is 12.1. The number of nitrogens with zero attached hydrogens (tertiary/aromatic N) is 1. The Kier molecular flexibility index (Phi) is 4.23. The number of hydrogen-bond donors (Lipinski definition) is 1. The van der Waals surface area contributed by atoms with Crippen LogP contribution in [-0.4, -0.2) is 42.9 Å². The minimum absolute atomic E-state index is 0.0356. The van der Waals surface area contributed by atoms with Gasteiger partial charge >= 0.3 is 5.97 Å². The Hall–Kier alpha value is -3.81. The lowest BCUT2D eigenvalue weighted by Crippen LogP contribution is -2.12. The third-order valence-corrected chi connectivity index (χ3v) is 4.48. The van der Waals surface area contributed by atoms with Gasteiger partial charge in [-0.1, -0.05) is 0 Å². The summed E-state index contributed by atoms with van der Waals surface area (Å²) in [6.07, 6.45) is 1.48. The van der Waals surface area contributed by atoms with Gasteiger partial charge in [-0.15, -0.1) is 0 Å². The summed E-state index contributed by atoms with van der Waals surface area (Å²) in [5, 5.41) is 10.9. The Balaban J connectivity index is 1.92. The number of carbonyl (C=O) groups excluding carboxylic acids is 1. The fourth-order valence-corrected chi connectivity index (χ4v) is 3.18. The molecule has 0 radical (unpaired) electrons. The van der Waals surface area contributed by atoms with E-state index >= 15 is 0 Å². The number of pyridine rings is 1. The molecule has 1 aromatic heterocycles. The van der Waals surface area contributed by atoms with Gasteiger partial charge in [0.05, 0.1) is 14.2 Å². The standard InChI is InChI=1S/C20H15NO7/c1-25-14-7-10-5-6-21-17(12(10)8-15(14)26-2)18(22)11-3-4-13-19(28-9-27-13)16(11)20(23)24/h3-8H,9H2,1-2H3,(H,23,24). The maximum absolute atomic E-state index is 13.2. The van der Waals surface area contributed by atoms with E-state index in [1.807, 2.05) is 0 Å². The van der Waals surface area contributed by atoms with Crippen molar-refractivity contribution >= 4 is 22.5 Å². The van der Waals surface area contributed by atoms with Crippen LogP contribution in [0.2, 0.25) is 0 Å². The lowest BCUT2D eigenvalue weighted by molar-refractivity contribution is 0.0687. The van der Waals surface area contributed by atoms with Crippen LogP contribution in [0.15, 0.2) is 36.5 Å². The second-order valence-corrected chi connectivity index (χ2v) is 5.94. The van der Waals surface area contributed by atoms with Crippen LogP contribution in [0.25, 0.3) is 10.8 Å². The molecule has 0 fully saturated rings. The van der Waals surface area contributed by atoms with Gasteiger partial charge in [0.1, 0.15) is 11.3 Å². The SMILES string of the molecule is COc1cc2ccnc(C(=O)c3ccc4c(c3C(=O)O)OCO4)c2cc1OC. The van der Waals surface area contributed by atoms with Crippen molar-refractivity contribution in [2.75, 3.05) is 21.0 Å². The first-order valence-corrected chi connectivity index (χ1v) is 8.26. The van der Waals surface area contributed by atoms with E-state index in [1.54, 1.807) is 18.2 Å². The van der Waals surface area contributed by atoms with E-state index in [4.69, 9.17) is 18.9 Å². The molecule has 0 aliphatic carbocycles. The van der Waals surface area contributed by atoms with Gasteiger partial charge in [-0.05, 0) is 35.7 Å². The van der Waals surface area contributed by atoms with Crippen LogP contribution in [-0.2, 0) is 0 Å². The number of hydrogen-bond acceptors (Lipinski definition) is 7. The summed E-state index contributed by atoms with van der Waals surface area (Å²) in [6, 6.07) is 8.01. The van der Waals surface area contributed by atoms with Crippen molar-refractivity contribution in [3.05, 3.63) is 53.3 Å². The molecule has 0 saturated heterocycles. The van der Waals surface area contributed by atoms with Gasteiger partial charge in [-0.2, -0.15) is 0 Å². The summed E-state index contributed by atoms with van der Waals surface area (Å²) in [5.74, 6) is -0.571. The molecule has 0 amide bonds. The van der Waals surface area contributed by atoms with Crippen LogP contribution in [0.5, 0.6) is 23.0 Å². The fourth-order valence-electron chi connectivity index (χ4n) is 3.18. The number of carboxylic acids is 1. The summed E-state index contributed by atoms with van der Waals surface area (Å²) in [5.41, 5.74) is -0.189. The number of aromatic carboxylic acids is 1. The molecule has 1 aliphatic heterocycles. The molecule has 28 heavy (non-hydrogen) atoms. The molecule has 0 saturated carbocycles. The van der Waals surface area contributed by atoms with E-state index in [1.165, 1.54) is 32.5 Å². The van der Waals surface area contributed by atoms with Crippen molar-refractivity contribution in [1.82, 2.24) is 4.98 Å². The van der Waals surface area contributed by atoms with Crippen molar-refractivity contribution in [1.29, 1.82) is 0 Å². The molecule has 1 aliphatic rings. The molecular formula is C20H15NO7. The Morgan fingerprint density at radius 1 is 1.07 bits per heavy atom. The molecule has 4 rings (SSSR count). The molecule has 0 atom stereocenters. The molecule has 142 valence electrons. The van der Waals surface area contributed by atoms with Crippen LogP contribution < -0.4 is 18.9 Å². The molecule has 3 aromatic rings. The average molecular weight is 381 g/mol. The number of carbonyl (C=O) groups is 2. The van der Waals surface area contributed by atoms with Gasteiger partial charge in [0, 0.05) is 17.1 Å². The Morgan fingerprint density at radius 2 is 1.82 bits per heavy atom. The lowest BCUT2D eigenvalue weighted by atomic mass is 9.97. The number of methoxy groups -OCH3 is 2. The van der Waals surface area contributed by atoms with Crippen molar-refractivity contribution in [2.24, 2.45) is 0 Å². The van der Waals surface area contributed by atoms with E-state index in [-0.39, 0.29) is 35.1 Å². The van der Waals surface area contributed by atoms with Crippen molar-refractivity contribution in [3.63, 3.8) is 0 Å². The fraction of sp³-hybridized carbons (Fsp3) is 0.150. The highest BCUT2D eigenvalue weighted by Crippen LogP contribution is 2.39. The van der Waals surface area contributed by atoms with Crippen LogP contribution in [0.1, 0.15) is 26.4 Å². The third-order valence-electron chi connectivity index (χ3n) is 4.48. The average Bonchev–Trinajstić information content (AvgIpc) is 3.19. The van der Waals surface area contributed by atoms with E-state index in [0.717, 1.165) is 0 Å². The highest BCUT2D eigenvalue weighted by atomic mass is 16.7. The number of benzene rings is 2. The molecule has 2 heterocycles. The molecule has 0 spiro atoms. The molecular weight excluding hydrogens is 366 g/mol. The molecule has 0 bridgehead atoms. The van der Waals surface area contributed by atoms with Crippen molar-refractivity contribution in [2.45, 2.75) is 0 Å². The highest BCUT2D eigenvalue weighted by Gasteiger charge is 2.30. The van der Waals surface area contributed by atoms with Gasteiger partial charge in [0.25, 0.3) is 0 Å². The zero-order valence-electron chi connectivity index (χ0n) is 15.0. The van der Waals surface area contributed by atoms with Crippen LogP contribution in [0.3, 0.4) is 0 Å². The molecule has 8 nitrogen and oxygen atoms in total. The van der Waals surface area contributed by atoms with Gasteiger partial charge in [0.15, 0.2) is 23.0 Å². The van der Waals surface area contributed by atoms with Crippen LogP contribution in [0.4, 0.5) is 0 Å². The minimum atomic E-state index is -1.29. The Labute approximate surface area is 159 Å². The third kappa shape index (κ3) is 2.66. The molecule has 1 N–H and O–H groups in total. The summed E-state index contributed by atoms with van der Waals surface area (Å²) in [6.45, 7) is -0.100. The van der Waals surface area contributed by atoms with E-state index in [9.17, 15) is 14.7 Å². The quantitative estimate of drug-likeness (QED) is 0.673. The maximum Gasteiger partial charge on any atom is 0.340 e. The minimum Gasteiger partial charge on any atom is -0.493 e. The Morgan fingerprint density at radius 3 is 2.54 bits per heavy atom. The predicted octanol–water partition coefficient (Wildman–Crippen LogP) is 2.91. The van der Waals surface area contributed by atoms with Gasteiger partial charge < -0.3 is 24.1 Å². The Bertz CT molecular complexity index is 1120. The van der Waals surface area contributed by atoms with E-state index < -0.39 is 11.8 Å². The topological polar surface area (TPSA) is 104 Å². The zero-order valence-corrected chi connectivity index (χ0v) is 15.0.